The second-order valence-electron chi connectivity index (χ2n) is 7.25. The molecule has 1 aromatic rings. The minimum atomic E-state index is -0.465. The van der Waals surface area contributed by atoms with Crippen LogP contribution >= 0.6 is 24.0 Å². The monoisotopic (exact) mass is 477 g/mol. The van der Waals surface area contributed by atoms with Crippen LogP contribution in [0.4, 0.5) is 4.79 Å². The summed E-state index contributed by atoms with van der Waals surface area (Å²) >= 11 is 0. The van der Waals surface area contributed by atoms with Crippen LogP contribution in [0.5, 0.6) is 0 Å². The lowest BCUT2D eigenvalue weighted by atomic mass is 10.2. The van der Waals surface area contributed by atoms with E-state index in [0.717, 1.165) is 31.9 Å². The number of amides is 1. The molecule has 8 heteroatoms. The summed E-state index contributed by atoms with van der Waals surface area (Å²) in [6.45, 7) is 8.59. The van der Waals surface area contributed by atoms with Gasteiger partial charge in [0.05, 0.1) is 0 Å². The summed E-state index contributed by atoms with van der Waals surface area (Å²) in [7, 11) is 1.75. The molecule has 1 aromatic heterocycles. The summed E-state index contributed by atoms with van der Waals surface area (Å²) in [6.07, 6.45) is 5.96. The number of ether oxygens (including phenoxy) is 1. The quantitative estimate of drug-likeness (QED) is 0.360. The Kier molecular flexibility index (Phi) is 9.24. The molecule has 1 saturated carbocycles. The van der Waals surface area contributed by atoms with E-state index in [9.17, 15) is 4.79 Å². The Hall–Kier alpha value is -1.45. The second kappa shape index (κ2) is 10.6. The van der Waals surface area contributed by atoms with Gasteiger partial charge in [-0.15, -0.1) is 24.0 Å². The van der Waals surface area contributed by atoms with Crippen molar-refractivity contribution in [3.8, 4) is 0 Å². The molecule has 0 bridgehead atoms. The van der Waals surface area contributed by atoms with Gasteiger partial charge in [0.2, 0.25) is 0 Å². The lowest BCUT2D eigenvalue weighted by Gasteiger charge is -2.27. The Morgan fingerprint density at radius 1 is 1.23 bits per heavy atom. The Balaban J connectivity index is 0.00000338. The maximum Gasteiger partial charge on any atom is 0.410 e. The third-order valence-corrected chi connectivity index (χ3v) is 3.81. The zero-order valence-electron chi connectivity index (χ0n) is 16.2. The molecule has 2 N–H and O–H groups in total. The molecule has 7 nitrogen and oxygen atoms in total. The molecule has 0 aliphatic heterocycles. The predicted octanol–water partition coefficient (Wildman–Crippen LogP) is 2.67. The van der Waals surface area contributed by atoms with Crippen LogP contribution in [-0.2, 0) is 11.3 Å². The first-order chi connectivity index (χ1) is 11.9. The van der Waals surface area contributed by atoms with Crippen molar-refractivity contribution in [1.82, 2.24) is 20.1 Å². The van der Waals surface area contributed by atoms with Crippen molar-refractivity contribution < 1.29 is 9.53 Å². The molecule has 148 valence electrons. The fraction of sp³-hybridized carbons (Fsp3) is 0.667. The number of aromatic nitrogens is 1. The molecule has 1 aliphatic rings. The highest BCUT2D eigenvalue weighted by Gasteiger charge is 2.34. The lowest BCUT2D eigenvalue weighted by molar-refractivity contribution is 0.0238. The molecule has 2 rings (SSSR count). The van der Waals surface area contributed by atoms with Gasteiger partial charge in [-0.05, 0) is 45.7 Å². The normalized spacial score (nSPS) is 14.4. The summed E-state index contributed by atoms with van der Waals surface area (Å²) in [4.78, 5) is 18.4. The first-order valence-electron chi connectivity index (χ1n) is 8.94. The van der Waals surface area contributed by atoms with Crippen molar-refractivity contribution in [2.24, 2.45) is 4.99 Å². The number of carbonyl (C=O) groups is 1. The van der Waals surface area contributed by atoms with Crippen LogP contribution in [0.3, 0.4) is 0 Å². The average Bonchev–Trinajstić information content (AvgIpc) is 3.23. The fourth-order valence-corrected chi connectivity index (χ4v) is 2.47. The van der Waals surface area contributed by atoms with Crippen molar-refractivity contribution in [2.75, 3.05) is 26.7 Å². The fourth-order valence-electron chi connectivity index (χ4n) is 2.47. The Morgan fingerprint density at radius 3 is 2.38 bits per heavy atom. The van der Waals surface area contributed by atoms with Crippen LogP contribution < -0.4 is 10.6 Å². The van der Waals surface area contributed by atoms with Gasteiger partial charge in [-0.1, -0.05) is 0 Å². The molecule has 0 unspecified atom stereocenters. The topological polar surface area (TPSA) is 70.9 Å². The third-order valence-electron chi connectivity index (χ3n) is 3.81. The zero-order valence-corrected chi connectivity index (χ0v) is 18.5. The van der Waals surface area contributed by atoms with Gasteiger partial charge in [-0.2, -0.15) is 0 Å². The van der Waals surface area contributed by atoms with E-state index in [1.165, 1.54) is 0 Å². The van der Waals surface area contributed by atoms with Gasteiger partial charge < -0.3 is 24.8 Å². The number of aliphatic imine (C=N–C) groups is 1. The average molecular weight is 477 g/mol. The summed E-state index contributed by atoms with van der Waals surface area (Å²) in [5, 5.41) is 6.54. The molecule has 1 aliphatic carbocycles. The highest BCUT2D eigenvalue weighted by atomic mass is 127. The zero-order chi connectivity index (χ0) is 18.3. The van der Waals surface area contributed by atoms with Crippen LogP contribution in [0.15, 0.2) is 29.5 Å². The standard InChI is InChI=1S/C18H31N5O2.HI/c1-18(2,3)25-17(24)23(15-7-8-15)14-10-21-16(19-4)20-9-13-22-11-5-6-12-22;/h5-6,11-12,15H,7-10,13-14H2,1-4H3,(H2,19,20,21);1H. The number of hydrogen-bond donors (Lipinski definition) is 2. The third kappa shape index (κ3) is 8.29. The van der Waals surface area contributed by atoms with E-state index >= 15 is 0 Å². The number of rotatable bonds is 7. The molecular formula is C18H32IN5O2. The van der Waals surface area contributed by atoms with Gasteiger partial charge in [0.25, 0.3) is 0 Å². The number of carbonyl (C=O) groups excluding carboxylic acids is 1. The van der Waals surface area contributed by atoms with Gasteiger partial charge >= 0.3 is 6.09 Å². The number of guanidine groups is 1. The van der Waals surface area contributed by atoms with E-state index in [2.05, 4.69) is 20.2 Å². The Morgan fingerprint density at radius 2 is 1.85 bits per heavy atom. The molecule has 26 heavy (non-hydrogen) atoms. The summed E-state index contributed by atoms with van der Waals surface area (Å²) < 4.78 is 7.61. The SMILES string of the molecule is CN=C(NCCN(C(=O)OC(C)(C)C)C1CC1)NCCn1cccc1.I. The van der Waals surface area contributed by atoms with Gasteiger partial charge in [0, 0.05) is 51.7 Å². The van der Waals surface area contributed by atoms with E-state index in [1.807, 2.05) is 50.2 Å². The van der Waals surface area contributed by atoms with Crippen molar-refractivity contribution in [3.63, 3.8) is 0 Å². The maximum absolute atomic E-state index is 12.3. The highest BCUT2D eigenvalue weighted by Crippen LogP contribution is 2.27. The largest absolute Gasteiger partial charge is 0.444 e. The lowest BCUT2D eigenvalue weighted by Crippen LogP contribution is -2.45. The first kappa shape index (κ1) is 22.6. The molecule has 0 saturated heterocycles. The summed E-state index contributed by atoms with van der Waals surface area (Å²) in [5.74, 6) is 0.743. The predicted molar refractivity (Wildman–Crippen MR) is 115 cm³/mol. The molecule has 1 heterocycles. The molecule has 0 radical (unpaired) electrons. The van der Waals surface area contributed by atoms with Gasteiger partial charge in [0.15, 0.2) is 5.96 Å². The van der Waals surface area contributed by atoms with Crippen LogP contribution in [0.25, 0.3) is 0 Å². The smallest absolute Gasteiger partial charge is 0.410 e. The van der Waals surface area contributed by atoms with Gasteiger partial charge in [-0.3, -0.25) is 4.99 Å². The second-order valence-corrected chi connectivity index (χ2v) is 7.25. The van der Waals surface area contributed by atoms with Crippen molar-refractivity contribution >= 4 is 36.0 Å². The highest BCUT2D eigenvalue weighted by molar-refractivity contribution is 14.0. The van der Waals surface area contributed by atoms with Gasteiger partial charge in [-0.25, -0.2) is 4.79 Å². The van der Waals surface area contributed by atoms with E-state index in [0.29, 0.717) is 19.1 Å². The molecule has 0 spiro atoms. The number of nitrogens with zero attached hydrogens (tertiary/aromatic N) is 3. The van der Waals surface area contributed by atoms with Gasteiger partial charge in [0.1, 0.15) is 5.60 Å². The van der Waals surface area contributed by atoms with E-state index in [-0.39, 0.29) is 30.1 Å². The summed E-state index contributed by atoms with van der Waals surface area (Å²) in [6, 6.07) is 4.34. The van der Waals surface area contributed by atoms with Crippen LogP contribution in [0.2, 0.25) is 0 Å². The number of nitrogens with one attached hydrogen (secondary N) is 2. The molecule has 0 atom stereocenters. The first-order valence-corrected chi connectivity index (χ1v) is 8.94. The minimum absolute atomic E-state index is 0. The van der Waals surface area contributed by atoms with E-state index in [1.54, 1.807) is 7.05 Å². The Labute approximate surface area is 173 Å². The maximum atomic E-state index is 12.3. The van der Waals surface area contributed by atoms with Crippen molar-refractivity contribution in [3.05, 3.63) is 24.5 Å². The van der Waals surface area contributed by atoms with Crippen LogP contribution in [0, 0.1) is 0 Å². The van der Waals surface area contributed by atoms with E-state index in [4.69, 9.17) is 4.74 Å². The van der Waals surface area contributed by atoms with Crippen LogP contribution in [0.1, 0.15) is 33.6 Å². The number of halogens is 1. The number of hydrogen-bond acceptors (Lipinski definition) is 3. The minimum Gasteiger partial charge on any atom is -0.444 e. The Bertz CT molecular complexity index is 565. The molecule has 0 aromatic carbocycles. The molecule has 1 fully saturated rings. The van der Waals surface area contributed by atoms with Crippen molar-refractivity contribution in [2.45, 2.75) is 51.8 Å². The van der Waals surface area contributed by atoms with E-state index < -0.39 is 5.60 Å². The summed E-state index contributed by atoms with van der Waals surface area (Å²) in [5.41, 5.74) is -0.465. The molecular weight excluding hydrogens is 445 g/mol. The molecule has 1 amide bonds. The van der Waals surface area contributed by atoms with Crippen molar-refractivity contribution in [1.29, 1.82) is 0 Å². The van der Waals surface area contributed by atoms with Crippen LogP contribution in [-0.4, -0.2) is 59.8 Å².